The summed E-state index contributed by atoms with van der Waals surface area (Å²) in [6.07, 6.45) is 0.983. The Bertz CT molecular complexity index is 570. The molecule has 1 aliphatic rings. The molecule has 1 aromatic rings. The van der Waals surface area contributed by atoms with Gasteiger partial charge in [0.15, 0.2) is 0 Å². The Morgan fingerprint density at radius 2 is 2.09 bits per heavy atom. The van der Waals surface area contributed by atoms with Gasteiger partial charge in [0, 0.05) is 30.4 Å². The molecule has 1 heterocycles. The van der Waals surface area contributed by atoms with Crippen molar-refractivity contribution < 1.29 is 4.79 Å². The second kappa shape index (κ2) is 6.91. The number of benzene rings is 1. The van der Waals surface area contributed by atoms with Gasteiger partial charge in [-0.2, -0.15) is 0 Å². The van der Waals surface area contributed by atoms with E-state index in [1.807, 2.05) is 24.0 Å². The minimum absolute atomic E-state index is 0.0611. The molecule has 0 aliphatic carbocycles. The van der Waals surface area contributed by atoms with E-state index in [0.717, 1.165) is 36.3 Å². The van der Waals surface area contributed by atoms with Gasteiger partial charge in [-0.25, -0.2) is 0 Å². The van der Waals surface area contributed by atoms with E-state index in [1.165, 1.54) is 0 Å². The predicted molar refractivity (Wildman–Crippen MR) is 96.8 cm³/mol. The van der Waals surface area contributed by atoms with Crippen LogP contribution in [0.1, 0.15) is 50.0 Å². The highest BCUT2D eigenvalue weighted by Gasteiger charge is 2.35. The number of amides is 1. The molecule has 1 amide bonds. The Morgan fingerprint density at radius 3 is 2.65 bits per heavy atom. The van der Waals surface area contributed by atoms with Crippen LogP contribution in [0.2, 0.25) is 0 Å². The van der Waals surface area contributed by atoms with Crippen molar-refractivity contribution in [3.05, 3.63) is 29.3 Å². The van der Waals surface area contributed by atoms with Gasteiger partial charge in [0.2, 0.25) is 0 Å². The van der Waals surface area contributed by atoms with Crippen molar-refractivity contribution in [2.24, 2.45) is 17.1 Å². The molecule has 2 unspecified atom stereocenters. The molecule has 4 nitrogen and oxygen atoms in total. The van der Waals surface area contributed by atoms with Crippen LogP contribution in [0.4, 0.5) is 5.69 Å². The molecule has 128 valence electrons. The largest absolute Gasteiger partial charge is 0.382 e. The van der Waals surface area contributed by atoms with Gasteiger partial charge >= 0.3 is 0 Å². The van der Waals surface area contributed by atoms with Crippen LogP contribution >= 0.6 is 0 Å². The fourth-order valence-electron chi connectivity index (χ4n) is 2.97. The van der Waals surface area contributed by atoms with Gasteiger partial charge in [-0.05, 0) is 55.8 Å². The van der Waals surface area contributed by atoms with Crippen LogP contribution in [-0.2, 0) is 0 Å². The number of likely N-dealkylation sites (tertiary alicyclic amines) is 1. The molecule has 2 atom stereocenters. The van der Waals surface area contributed by atoms with Crippen LogP contribution in [0.25, 0.3) is 0 Å². The van der Waals surface area contributed by atoms with Crippen molar-refractivity contribution in [3.8, 4) is 0 Å². The molecule has 1 saturated heterocycles. The SMILES string of the molecule is Cc1c(NC(C)C(C)C)cccc1C(=O)N1CCC(C)(CN)C1. The number of nitrogens with two attached hydrogens (primary N) is 1. The third kappa shape index (κ3) is 3.86. The van der Waals surface area contributed by atoms with Crippen LogP contribution in [-0.4, -0.2) is 36.5 Å². The monoisotopic (exact) mass is 317 g/mol. The maximum Gasteiger partial charge on any atom is 0.254 e. The highest BCUT2D eigenvalue weighted by atomic mass is 16.2. The van der Waals surface area contributed by atoms with Crippen molar-refractivity contribution in [2.45, 2.75) is 47.1 Å². The average Bonchev–Trinajstić information content (AvgIpc) is 2.92. The summed E-state index contributed by atoms with van der Waals surface area (Å²) in [7, 11) is 0. The Labute approximate surface area is 140 Å². The lowest BCUT2D eigenvalue weighted by molar-refractivity contribution is 0.0776. The second-order valence-electron chi connectivity index (χ2n) is 7.65. The van der Waals surface area contributed by atoms with E-state index in [-0.39, 0.29) is 11.3 Å². The number of nitrogens with zero attached hydrogens (tertiary/aromatic N) is 1. The summed E-state index contributed by atoms with van der Waals surface area (Å²) in [4.78, 5) is 14.8. The summed E-state index contributed by atoms with van der Waals surface area (Å²) in [5, 5.41) is 3.53. The molecular formula is C19H31N3O. The van der Waals surface area contributed by atoms with Crippen molar-refractivity contribution in [3.63, 3.8) is 0 Å². The molecule has 1 aromatic carbocycles. The Balaban J connectivity index is 2.19. The summed E-state index contributed by atoms with van der Waals surface area (Å²) >= 11 is 0. The molecule has 0 saturated carbocycles. The van der Waals surface area contributed by atoms with Gasteiger partial charge in [0.25, 0.3) is 5.91 Å². The van der Waals surface area contributed by atoms with Gasteiger partial charge in [0.1, 0.15) is 0 Å². The minimum atomic E-state index is 0.0611. The molecule has 0 spiro atoms. The fraction of sp³-hybridized carbons (Fsp3) is 0.632. The molecule has 0 bridgehead atoms. The third-order valence-electron chi connectivity index (χ3n) is 5.29. The number of carbonyl (C=O) groups excluding carboxylic acids is 1. The van der Waals surface area contributed by atoms with Gasteiger partial charge in [-0.3, -0.25) is 4.79 Å². The third-order valence-corrected chi connectivity index (χ3v) is 5.29. The fourth-order valence-corrected chi connectivity index (χ4v) is 2.97. The van der Waals surface area contributed by atoms with E-state index in [0.29, 0.717) is 18.5 Å². The van der Waals surface area contributed by atoms with Crippen LogP contribution in [0.5, 0.6) is 0 Å². The first-order valence-corrected chi connectivity index (χ1v) is 8.63. The quantitative estimate of drug-likeness (QED) is 0.876. The van der Waals surface area contributed by atoms with Gasteiger partial charge < -0.3 is 16.0 Å². The topological polar surface area (TPSA) is 58.4 Å². The Hall–Kier alpha value is -1.55. The Morgan fingerprint density at radius 1 is 1.39 bits per heavy atom. The van der Waals surface area contributed by atoms with E-state index < -0.39 is 0 Å². The van der Waals surface area contributed by atoms with Crippen molar-refractivity contribution in [2.75, 3.05) is 25.0 Å². The van der Waals surface area contributed by atoms with E-state index in [1.54, 1.807) is 0 Å². The average molecular weight is 317 g/mol. The molecular weight excluding hydrogens is 286 g/mol. The van der Waals surface area contributed by atoms with Crippen molar-refractivity contribution in [1.82, 2.24) is 4.90 Å². The number of nitrogens with one attached hydrogen (secondary N) is 1. The molecule has 3 N–H and O–H groups in total. The summed E-state index contributed by atoms with van der Waals surface area (Å²) in [6.45, 7) is 12.9. The Kier molecular flexibility index (Phi) is 5.35. The molecule has 0 aromatic heterocycles. The molecule has 23 heavy (non-hydrogen) atoms. The summed E-state index contributed by atoms with van der Waals surface area (Å²) < 4.78 is 0. The lowest BCUT2D eigenvalue weighted by Gasteiger charge is -2.24. The summed E-state index contributed by atoms with van der Waals surface area (Å²) in [5.41, 5.74) is 8.80. The molecule has 2 rings (SSSR count). The predicted octanol–water partition coefficient (Wildman–Crippen LogP) is 3.26. The lowest BCUT2D eigenvalue weighted by Crippen LogP contribution is -2.34. The highest BCUT2D eigenvalue weighted by molar-refractivity contribution is 5.97. The molecule has 1 fully saturated rings. The van der Waals surface area contributed by atoms with Crippen LogP contribution in [0.3, 0.4) is 0 Å². The van der Waals surface area contributed by atoms with E-state index in [9.17, 15) is 4.79 Å². The smallest absolute Gasteiger partial charge is 0.254 e. The van der Waals surface area contributed by atoms with Crippen molar-refractivity contribution >= 4 is 11.6 Å². The van der Waals surface area contributed by atoms with Crippen molar-refractivity contribution in [1.29, 1.82) is 0 Å². The lowest BCUT2D eigenvalue weighted by atomic mass is 9.90. The van der Waals surface area contributed by atoms with Crippen LogP contribution in [0, 0.1) is 18.3 Å². The maximum absolute atomic E-state index is 12.9. The van der Waals surface area contributed by atoms with E-state index >= 15 is 0 Å². The first-order chi connectivity index (χ1) is 10.8. The van der Waals surface area contributed by atoms with Gasteiger partial charge in [-0.15, -0.1) is 0 Å². The number of hydrogen-bond acceptors (Lipinski definition) is 3. The van der Waals surface area contributed by atoms with Gasteiger partial charge in [-0.1, -0.05) is 26.8 Å². The minimum Gasteiger partial charge on any atom is -0.382 e. The zero-order valence-corrected chi connectivity index (χ0v) is 15.1. The maximum atomic E-state index is 12.9. The normalized spacial score (nSPS) is 22.5. The highest BCUT2D eigenvalue weighted by Crippen LogP contribution is 2.31. The standard InChI is InChI=1S/C19H31N3O/c1-13(2)15(4)21-17-8-6-7-16(14(17)3)18(23)22-10-9-19(5,11-20)12-22/h6-8,13,15,21H,9-12,20H2,1-5H3. The number of rotatable bonds is 5. The summed E-state index contributed by atoms with van der Waals surface area (Å²) in [6, 6.07) is 6.32. The number of anilines is 1. The molecule has 4 heteroatoms. The second-order valence-corrected chi connectivity index (χ2v) is 7.65. The van der Waals surface area contributed by atoms with E-state index in [4.69, 9.17) is 5.73 Å². The molecule has 1 aliphatic heterocycles. The van der Waals surface area contributed by atoms with Gasteiger partial charge in [0.05, 0.1) is 0 Å². The number of hydrogen-bond donors (Lipinski definition) is 2. The molecule has 0 radical (unpaired) electrons. The number of carbonyl (C=O) groups is 1. The zero-order valence-electron chi connectivity index (χ0n) is 15.1. The summed E-state index contributed by atoms with van der Waals surface area (Å²) in [5.74, 6) is 0.665. The first-order valence-electron chi connectivity index (χ1n) is 8.63. The first kappa shape index (κ1) is 17.8. The van der Waals surface area contributed by atoms with Crippen LogP contribution < -0.4 is 11.1 Å². The van der Waals surface area contributed by atoms with E-state index in [2.05, 4.69) is 39.1 Å². The van der Waals surface area contributed by atoms with Crippen LogP contribution in [0.15, 0.2) is 18.2 Å². The zero-order chi connectivity index (χ0) is 17.2.